The second kappa shape index (κ2) is 6.56. The maximum atomic E-state index is 9.64. The molecule has 4 rings (SSSR count). The molecule has 8 heteroatoms. The smallest absolute Gasteiger partial charge is 0.247 e. The maximum Gasteiger partial charge on any atom is 0.247 e. The van der Waals surface area contributed by atoms with Crippen LogP contribution in [0.4, 0.5) is 17.5 Å². The summed E-state index contributed by atoms with van der Waals surface area (Å²) in [5.41, 5.74) is 1.39. The summed E-state index contributed by atoms with van der Waals surface area (Å²) in [6.07, 6.45) is 4.86. The molecule has 0 amide bonds. The fraction of sp³-hybridized carbons (Fsp3) is 0.353. The molecule has 0 aliphatic heterocycles. The highest BCUT2D eigenvalue weighted by Crippen LogP contribution is 2.23. The quantitative estimate of drug-likeness (QED) is 0.577. The number of aliphatic hydroxyl groups is 1. The number of rotatable bonds is 4. The summed E-state index contributed by atoms with van der Waals surface area (Å²) in [4.78, 5) is 8.21. The van der Waals surface area contributed by atoms with Gasteiger partial charge in [0.1, 0.15) is 5.82 Å². The highest BCUT2D eigenvalue weighted by Gasteiger charge is 2.20. The molecule has 3 aromatic rings. The molecule has 0 radical (unpaired) electrons. The zero-order chi connectivity index (χ0) is 17.2. The highest BCUT2D eigenvalue weighted by atomic mass is 16.3. The van der Waals surface area contributed by atoms with Gasteiger partial charge in [-0.1, -0.05) is 6.07 Å². The first-order chi connectivity index (χ1) is 12.2. The van der Waals surface area contributed by atoms with Crippen molar-refractivity contribution in [1.29, 1.82) is 0 Å². The molecule has 0 aromatic carbocycles. The predicted molar refractivity (Wildman–Crippen MR) is 94.1 cm³/mol. The third-order valence-electron chi connectivity index (χ3n) is 4.41. The van der Waals surface area contributed by atoms with E-state index in [2.05, 4.69) is 25.7 Å². The number of aromatic hydroxyl groups is 1. The molecule has 1 aliphatic rings. The van der Waals surface area contributed by atoms with Crippen LogP contribution in [0.2, 0.25) is 0 Å². The van der Waals surface area contributed by atoms with Crippen molar-refractivity contribution in [2.75, 3.05) is 10.6 Å². The second-order valence-electron chi connectivity index (χ2n) is 6.29. The van der Waals surface area contributed by atoms with Crippen LogP contribution in [0.25, 0.3) is 5.65 Å². The number of nitrogens with zero attached hydrogens (tertiary/aromatic N) is 4. The molecule has 8 nitrogen and oxygen atoms in total. The average molecular weight is 340 g/mol. The molecule has 25 heavy (non-hydrogen) atoms. The number of hydrogen-bond donors (Lipinski definition) is 4. The van der Waals surface area contributed by atoms with Gasteiger partial charge in [0.25, 0.3) is 0 Å². The fourth-order valence-electron chi connectivity index (χ4n) is 3.12. The largest absolute Gasteiger partial charge is 0.493 e. The molecule has 0 bridgehead atoms. The molecule has 3 heterocycles. The Balaban J connectivity index is 1.56. The van der Waals surface area contributed by atoms with E-state index in [1.807, 2.05) is 18.2 Å². The van der Waals surface area contributed by atoms with E-state index in [0.29, 0.717) is 17.7 Å². The van der Waals surface area contributed by atoms with E-state index in [-0.39, 0.29) is 12.0 Å². The first-order valence-corrected chi connectivity index (χ1v) is 8.40. The van der Waals surface area contributed by atoms with Crippen LogP contribution in [0.15, 0.2) is 36.5 Å². The summed E-state index contributed by atoms with van der Waals surface area (Å²) in [6.45, 7) is 0. The lowest BCUT2D eigenvalue weighted by Gasteiger charge is -2.26. The second-order valence-corrected chi connectivity index (χ2v) is 6.29. The van der Waals surface area contributed by atoms with Crippen molar-refractivity contribution in [1.82, 2.24) is 19.6 Å². The first kappa shape index (κ1) is 15.6. The zero-order valence-electron chi connectivity index (χ0n) is 13.6. The van der Waals surface area contributed by atoms with Crippen molar-refractivity contribution in [3.63, 3.8) is 0 Å². The lowest BCUT2D eigenvalue weighted by molar-refractivity contribution is 0.126. The molecule has 0 spiro atoms. The third kappa shape index (κ3) is 3.48. The Hall–Kier alpha value is -2.87. The van der Waals surface area contributed by atoms with Crippen LogP contribution in [-0.4, -0.2) is 41.9 Å². The molecule has 130 valence electrons. The summed E-state index contributed by atoms with van der Waals surface area (Å²) in [5.74, 6) is 1.26. The minimum atomic E-state index is -0.173. The van der Waals surface area contributed by atoms with Crippen molar-refractivity contribution in [3.05, 3.63) is 36.5 Å². The van der Waals surface area contributed by atoms with Crippen LogP contribution in [0.1, 0.15) is 25.7 Å². The van der Waals surface area contributed by atoms with Crippen LogP contribution < -0.4 is 10.6 Å². The summed E-state index contributed by atoms with van der Waals surface area (Å²) in [7, 11) is 0. The lowest BCUT2D eigenvalue weighted by atomic mass is 9.93. The normalized spacial score (nSPS) is 20.5. The van der Waals surface area contributed by atoms with Gasteiger partial charge in [0.2, 0.25) is 11.8 Å². The number of aliphatic hydroxyl groups excluding tert-OH is 1. The van der Waals surface area contributed by atoms with E-state index < -0.39 is 0 Å². The number of nitrogens with one attached hydrogen (secondary N) is 2. The molecule has 0 saturated heterocycles. The van der Waals surface area contributed by atoms with Crippen LogP contribution in [0.3, 0.4) is 0 Å². The maximum absolute atomic E-state index is 9.64. The molecule has 1 saturated carbocycles. The Morgan fingerprint density at radius 1 is 1.12 bits per heavy atom. The summed E-state index contributed by atoms with van der Waals surface area (Å²) in [6, 6.07) is 9.36. The van der Waals surface area contributed by atoms with Gasteiger partial charge < -0.3 is 20.8 Å². The predicted octanol–water partition coefficient (Wildman–Crippen LogP) is 2.29. The molecule has 0 atom stereocenters. The van der Waals surface area contributed by atoms with E-state index in [1.165, 1.54) is 12.3 Å². The number of pyridine rings is 2. The molecular formula is C17H20N6O2. The van der Waals surface area contributed by atoms with Gasteiger partial charge in [-0.15, -0.1) is 5.10 Å². The van der Waals surface area contributed by atoms with Crippen molar-refractivity contribution < 1.29 is 10.2 Å². The van der Waals surface area contributed by atoms with Crippen molar-refractivity contribution in [2.24, 2.45) is 0 Å². The number of fused-ring (bicyclic) bond motifs is 1. The molecule has 4 N–H and O–H groups in total. The summed E-state index contributed by atoms with van der Waals surface area (Å²) < 4.78 is 1.76. The Morgan fingerprint density at radius 3 is 2.76 bits per heavy atom. The topological polar surface area (TPSA) is 108 Å². The number of aromatic nitrogens is 4. The van der Waals surface area contributed by atoms with E-state index in [9.17, 15) is 10.2 Å². The van der Waals surface area contributed by atoms with Crippen molar-refractivity contribution in [3.8, 4) is 5.88 Å². The van der Waals surface area contributed by atoms with Gasteiger partial charge in [-0.25, -0.2) is 4.98 Å². The Kier molecular flexibility index (Phi) is 4.10. The van der Waals surface area contributed by atoms with Crippen LogP contribution in [-0.2, 0) is 0 Å². The van der Waals surface area contributed by atoms with E-state index >= 15 is 0 Å². The minimum Gasteiger partial charge on any atom is -0.493 e. The van der Waals surface area contributed by atoms with Gasteiger partial charge in [0.05, 0.1) is 6.10 Å². The van der Waals surface area contributed by atoms with Gasteiger partial charge in [0, 0.05) is 24.0 Å². The van der Waals surface area contributed by atoms with E-state index in [4.69, 9.17) is 0 Å². The lowest BCUT2D eigenvalue weighted by Crippen LogP contribution is -2.29. The van der Waals surface area contributed by atoms with Gasteiger partial charge in [0.15, 0.2) is 5.65 Å². The summed E-state index contributed by atoms with van der Waals surface area (Å²) >= 11 is 0. The van der Waals surface area contributed by atoms with Crippen LogP contribution >= 0.6 is 0 Å². The summed E-state index contributed by atoms with van der Waals surface area (Å²) in [5, 5.41) is 30.2. The van der Waals surface area contributed by atoms with Gasteiger partial charge >= 0.3 is 0 Å². The Labute approximate surface area is 144 Å². The fourth-order valence-corrected chi connectivity index (χ4v) is 3.12. The Morgan fingerprint density at radius 2 is 1.96 bits per heavy atom. The Bertz CT molecular complexity index is 872. The van der Waals surface area contributed by atoms with Gasteiger partial charge in [-0.3, -0.25) is 0 Å². The first-order valence-electron chi connectivity index (χ1n) is 8.40. The third-order valence-corrected chi connectivity index (χ3v) is 4.41. The van der Waals surface area contributed by atoms with Crippen molar-refractivity contribution in [2.45, 2.75) is 37.8 Å². The van der Waals surface area contributed by atoms with Crippen LogP contribution in [0.5, 0.6) is 5.88 Å². The van der Waals surface area contributed by atoms with Crippen LogP contribution in [0, 0.1) is 0 Å². The molecule has 0 unspecified atom stereocenters. The monoisotopic (exact) mass is 340 g/mol. The molecule has 1 fully saturated rings. The van der Waals surface area contributed by atoms with E-state index in [0.717, 1.165) is 37.1 Å². The number of hydrogen-bond acceptors (Lipinski definition) is 7. The van der Waals surface area contributed by atoms with Gasteiger partial charge in [-0.05, 0) is 43.9 Å². The number of anilines is 3. The molecule has 1 aliphatic carbocycles. The molecular weight excluding hydrogens is 320 g/mol. The van der Waals surface area contributed by atoms with Gasteiger partial charge in [-0.2, -0.15) is 9.50 Å². The minimum absolute atomic E-state index is 0.0596. The SMILES string of the molecule is Oc1cc(Nc2nc3cccc(NC4CCC(O)CC4)n3n2)ccn1. The average Bonchev–Trinajstić information content (AvgIpc) is 3.00. The van der Waals surface area contributed by atoms with Crippen molar-refractivity contribution >= 4 is 23.1 Å². The molecule has 3 aromatic heterocycles. The van der Waals surface area contributed by atoms with E-state index in [1.54, 1.807) is 10.6 Å². The zero-order valence-corrected chi connectivity index (χ0v) is 13.6. The highest BCUT2D eigenvalue weighted by molar-refractivity contribution is 5.58. The standard InChI is InChI=1S/C17H20N6O2/c24-13-6-4-11(5-7-13)19-14-2-1-3-15-21-17(22-23(14)15)20-12-8-9-18-16(25)10-12/h1-3,8-11,13,19,24H,4-7H2,(H2,18,20,22,25).